The number of ether oxygens (including phenoxy) is 2. The van der Waals surface area contributed by atoms with Gasteiger partial charge in [-0.3, -0.25) is 4.79 Å². The van der Waals surface area contributed by atoms with Gasteiger partial charge in [-0.05, 0) is 20.3 Å². The summed E-state index contributed by atoms with van der Waals surface area (Å²) in [5, 5.41) is 2.84. The molecule has 24 heavy (non-hydrogen) atoms. The highest BCUT2D eigenvalue weighted by molar-refractivity contribution is 7.09. The first-order valence-corrected chi connectivity index (χ1v) is 9.15. The molecule has 2 aromatic heterocycles. The Hall–Kier alpha value is -1.79. The predicted octanol–water partition coefficient (Wildman–Crippen LogP) is 3.39. The summed E-state index contributed by atoms with van der Waals surface area (Å²) in [6, 6.07) is 3.59. The summed E-state index contributed by atoms with van der Waals surface area (Å²) >= 11 is 1.52. The Labute approximate surface area is 146 Å². The summed E-state index contributed by atoms with van der Waals surface area (Å²) in [5.41, 5.74) is 2.24. The highest BCUT2D eigenvalue weighted by atomic mass is 32.1. The molecule has 5 nitrogen and oxygen atoms in total. The molecule has 0 N–H and O–H groups in total. The van der Waals surface area contributed by atoms with E-state index in [4.69, 9.17) is 9.47 Å². The maximum atomic E-state index is 12.5. The van der Waals surface area contributed by atoms with Gasteiger partial charge in [0.15, 0.2) is 5.78 Å². The lowest BCUT2D eigenvalue weighted by Crippen LogP contribution is -2.17. The number of Topliss-reactive ketones (excluding diaryl/α,β-unsaturated/α-hetero) is 1. The van der Waals surface area contributed by atoms with E-state index in [1.54, 1.807) is 6.07 Å². The molecule has 0 unspecified atom stereocenters. The van der Waals surface area contributed by atoms with Crippen molar-refractivity contribution in [3.05, 3.63) is 39.6 Å². The number of carbonyl (C=O) groups is 1. The third kappa shape index (κ3) is 4.19. The first-order valence-electron chi connectivity index (χ1n) is 8.27. The van der Waals surface area contributed by atoms with Crippen molar-refractivity contribution < 1.29 is 14.3 Å². The Bertz CT molecular complexity index is 729. The molecule has 0 bridgehead atoms. The molecule has 0 radical (unpaired) electrons. The number of rotatable bonds is 6. The van der Waals surface area contributed by atoms with E-state index in [-0.39, 0.29) is 24.4 Å². The summed E-state index contributed by atoms with van der Waals surface area (Å²) in [6.07, 6.45) is 2.29. The van der Waals surface area contributed by atoms with Crippen molar-refractivity contribution in [1.82, 2.24) is 9.97 Å². The summed E-state index contributed by atoms with van der Waals surface area (Å²) in [7, 11) is 0. The van der Waals surface area contributed by atoms with Gasteiger partial charge >= 0.3 is 0 Å². The minimum Gasteiger partial charge on any atom is -0.488 e. The molecule has 2 aromatic rings. The molecular weight excluding hydrogens is 324 g/mol. The fourth-order valence-corrected chi connectivity index (χ4v) is 3.60. The van der Waals surface area contributed by atoms with Gasteiger partial charge < -0.3 is 9.47 Å². The Kier molecular flexibility index (Phi) is 5.26. The Morgan fingerprint density at radius 2 is 2.25 bits per heavy atom. The lowest BCUT2D eigenvalue weighted by Gasteiger charge is -2.13. The number of thiazole rings is 1. The molecule has 1 aliphatic heterocycles. The van der Waals surface area contributed by atoms with Crippen LogP contribution < -0.4 is 4.74 Å². The van der Waals surface area contributed by atoms with Crippen LogP contribution in [0.15, 0.2) is 17.5 Å². The second kappa shape index (κ2) is 7.40. The molecule has 0 amide bonds. The number of hydrogen-bond acceptors (Lipinski definition) is 6. The maximum Gasteiger partial charge on any atom is 0.188 e. The maximum absolute atomic E-state index is 12.5. The van der Waals surface area contributed by atoms with Gasteiger partial charge in [0.05, 0.1) is 24.8 Å². The lowest BCUT2D eigenvalue weighted by atomic mass is 10.1. The zero-order valence-electron chi connectivity index (χ0n) is 14.2. The number of hydrogen-bond donors (Lipinski definition) is 0. The van der Waals surface area contributed by atoms with Crippen molar-refractivity contribution in [3.8, 4) is 5.75 Å². The van der Waals surface area contributed by atoms with E-state index < -0.39 is 0 Å². The van der Waals surface area contributed by atoms with Crippen LogP contribution in [-0.4, -0.2) is 34.6 Å². The van der Waals surface area contributed by atoms with Crippen LogP contribution in [0, 0.1) is 6.92 Å². The van der Waals surface area contributed by atoms with Crippen LogP contribution >= 0.6 is 11.3 Å². The Morgan fingerprint density at radius 1 is 1.42 bits per heavy atom. The monoisotopic (exact) mass is 346 g/mol. The molecular formula is C18H22N2O3S. The molecule has 6 heteroatoms. The van der Waals surface area contributed by atoms with Gasteiger partial charge in [0.1, 0.15) is 22.6 Å². The van der Waals surface area contributed by atoms with Crippen LogP contribution in [0.4, 0.5) is 0 Å². The van der Waals surface area contributed by atoms with Crippen LogP contribution in [0.2, 0.25) is 0 Å². The number of aryl methyl sites for hydroxylation is 2. The largest absolute Gasteiger partial charge is 0.488 e. The first-order chi connectivity index (χ1) is 11.5. The van der Waals surface area contributed by atoms with E-state index >= 15 is 0 Å². The van der Waals surface area contributed by atoms with Crippen LogP contribution in [0.1, 0.15) is 47.2 Å². The molecule has 3 rings (SSSR count). The SMILES string of the molecule is CCc1csc(CC(=O)c2cc(O[C@H]3CO[C@H](C)C3)cc(C)n2)n1. The van der Waals surface area contributed by atoms with Gasteiger partial charge in [0.2, 0.25) is 0 Å². The molecule has 1 saturated heterocycles. The fourth-order valence-electron chi connectivity index (χ4n) is 2.72. The summed E-state index contributed by atoms with van der Waals surface area (Å²) < 4.78 is 11.5. The normalized spacial score (nSPS) is 20.3. The zero-order chi connectivity index (χ0) is 17.1. The van der Waals surface area contributed by atoms with E-state index in [2.05, 4.69) is 16.9 Å². The fraction of sp³-hybridized carbons (Fsp3) is 0.500. The number of aromatic nitrogens is 2. The van der Waals surface area contributed by atoms with Crippen molar-refractivity contribution >= 4 is 17.1 Å². The van der Waals surface area contributed by atoms with Crippen molar-refractivity contribution in [1.29, 1.82) is 0 Å². The number of ketones is 1. The quantitative estimate of drug-likeness (QED) is 0.750. The molecule has 3 heterocycles. The van der Waals surface area contributed by atoms with Gasteiger partial charge in [-0.25, -0.2) is 9.97 Å². The van der Waals surface area contributed by atoms with E-state index in [0.29, 0.717) is 18.1 Å². The van der Waals surface area contributed by atoms with E-state index in [1.165, 1.54) is 11.3 Å². The third-order valence-electron chi connectivity index (χ3n) is 3.95. The lowest BCUT2D eigenvalue weighted by molar-refractivity contribution is 0.0985. The van der Waals surface area contributed by atoms with E-state index in [9.17, 15) is 4.79 Å². The topological polar surface area (TPSA) is 61.3 Å². The summed E-state index contributed by atoms with van der Waals surface area (Å²) in [5.74, 6) is 0.651. The molecule has 128 valence electrons. The van der Waals surface area contributed by atoms with Crippen LogP contribution in [0.5, 0.6) is 5.75 Å². The van der Waals surface area contributed by atoms with Crippen molar-refractivity contribution in [2.24, 2.45) is 0 Å². The molecule has 0 spiro atoms. The van der Waals surface area contributed by atoms with Crippen LogP contribution in [-0.2, 0) is 17.6 Å². The average molecular weight is 346 g/mol. The van der Waals surface area contributed by atoms with Gasteiger partial charge in [-0.1, -0.05) is 6.92 Å². The van der Waals surface area contributed by atoms with E-state index in [0.717, 1.165) is 29.2 Å². The molecule has 0 saturated carbocycles. The smallest absolute Gasteiger partial charge is 0.188 e. The molecule has 1 fully saturated rings. The Balaban J connectivity index is 1.71. The molecule has 0 aromatic carbocycles. The van der Waals surface area contributed by atoms with Gasteiger partial charge in [0.25, 0.3) is 0 Å². The van der Waals surface area contributed by atoms with Crippen molar-refractivity contribution in [2.45, 2.75) is 52.2 Å². The van der Waals surface area contributed by atoms with Crippen LogP contribution in [0.3, 0.4) is 0 Å². The van der Waals surface area contributed by atoms with Crippen molar-refractivity contribution in [2.75, 3.05) is 6.61 Å². The second-order valence-corrected chi connectivity index (χ2v) is 7.08. The second-order valence-electron chi connectivity index (χ2n) is 6.14. The predicted molar refractivity (Wildman–Crippen MR) is 92.9 cm³/mol. The summed E-state index contributed by atoms with van der Waals surface area (Å²) in [4.78, 5) is 21.3. The minimum atomic E-state index is -0.0309. The van der Waals surface area contributed by atoms with Gasteiger partial charge in [-0.15, -0.1) is 11.3 Å². The number of pyridine rings is 1. The van der Waals surface area contributed by atoms with E-state index in [1.807, 2.05) is 25.3 Å². The minimum absolute atomic E-state index is 0.0309. The Morgan fingerprint density at radius 3 is 2.92 bits per heavy atom. The highest BCUT2D eigenvalue weighted by Crippen LogP contribution is 2.22. The number of carbonyl (C=O) groups excluding carboxylic acids is 1. The highest BCUT2D eigenvalue weighted by Gasteiger charge is 2.24. The van der Waals surface area contributed by atoms with Gasteiger partial charge in [0, 0.05) is 29.6 Å². The molecule has 1 aliphatic rings. The zero-order valence-corrected chi connectivity index (χ0v) is 15.1. The van der Waals surface area contributed by atoms with Crippen LogP contribution in [0.25, 0.3) is 0 Å². The number of nitrogens with zero attached hydrogens (tertiary/aromatic N) is 2. The average Bonchev–Trinajstić information content (AvgIpc) is 3.15. The third-order valence-corrected chi connectivity index (χ3v) is 4.85. The van der Waals surface area contributed by atoms with Crippen molar-refractivity contribution in [3.63, 3.8) is 0 Å². The van der Waals surface area contributed by atoms with Gasteiger partial charge in [-0.2, -0.15) is 0 Å². The summed E-state index contributed by atoms with van der Waals surface area (Å²) in [6.45, 7) is 6.55. The molecule has 0 aliphatic carbocycles. The first kappa shape index (κ1) is 17.0. The molecule has 2 atom stereocenters. The standard InChI is InChI=1S/C18H22N2O3S/c1-4-13-10-24-18(20-13)8-17(21)16-7-14(5-11(2)19-16)23-15-6-12(3)22-9-15/h5,7,10,12,15H,4,6,8-9H2,1-3H3/t12-,15-/m1/s1.